The van der Waals surface area contributed by atoms with Crippen molar-refractivity contribution in [2.24, 2.45) is 0 Å². The van der Waals surface area contributed by atoms with Crippen molar-refractivity contribution in [1.29, 1.82) is 0 Å². The molecule has 1 unspecified atom stereocenters. The fraction of sp³-hybridized carbons (Fsp3) is 0.500. The van der Waals surface area contributed by atoms with Crippen LogP contribution in [-0.2, 0) is 17.9 Å². The summed E-state index contributed by atoms with van der Waals surface area (Å²) in [6.45, 7) is 0.523. The predicted molar refractivity (Wildman–Crippen MR) is 44.3 cm³/mol. The Bertz CT molecular complexity index is 286. The summed E-state index contributed by atoms with van der Waals surface area (Å²) in [7, 11) is 3.69. The summed E-state index contributed by atoms with van der Waals surface area (Å²) in [5.74, 6) is 0. The summed E-state index contributed by atoms with van der Waals surface area (Å²) in [5.41, 5.74) is 0.598. The van der Waals surface area contributed by atoms with E-state index >= 15 is 0 Å². The van der Waals surface area contributed by atoms with Crippen molar-refractivity contribution in [3.8, 4) is 0 Å². The smallest absolute Gasteiger partial charge is 0.304 e. The zero-order chi connectivity index (χ0) is 9.14. The van der Waals surface area contributed by atoms with Gasteiger partial charge in [0.25, 0.3) is 0 Å². The van der Waals surface area contributed by atoms with Gasteiger partial charge < -0.3 is 4.90 Å². The maximum atomic E-state index is 12.4. The Hall–Kier alpha value is -0.750. The van der Waals surface area contributed by atoms with Gasteiger partial charge in [0.05, 0.1) is 11.9 Å². The molecule has 0 amide bonds. The Morgan fingerprint density at radius 3 is 2.92 bits per heavy atom. The molecule has 0 radical (unpaired) electrons. The summed E-state index contributed by atoms with van der Waals surface area (Å²) in [6.07, 6.45) is 2.71. The van der Waals surface area contributed by atoms with E-state index in [1.165, 1.54) is 12.5 Å². The molecule has 1 heterocycles. The summed E-state index contributed by atoms with van der Waals surface area (Å²) < 4.78 is 23.8. The van der Waals surface area contributed by atoms with E-state index in [1.807, 2.05) is 19.0 Å². The van der Waals surface area contributed by atoms with Crippen LogP contribution >= 0.6 is 0 Å². The fourth-order valence-electron chi connectivity index (χ4n) is 0.875. The largest absolute Gasteiger partial charge is 0.309 e. The van der Waals surface area contributed by atoms with Crippen LogP contribution in [0.15, 0.2) is 12.5 Å². The van der Waals surface area contributed by atoms with E-state index in [-0.39, 0.29) is 0 Å². The van der Waals surface area contributed by atoms with Crippen LogP contribution < -0.4 is 0 Å². The van der Waals surface area contributed by atoms with Crippen LogP contribution in [0.3, 0.4) is 0 Å². The van der Waals surface area contributed by atoms with Crippen LogP contribution in [0.1, 0.15) is 5.69 Å². The highest BCUT2D eigenvalue weighted by molar-refractivity contribution is 7.78. The minimum atomic E-state index is -2.50. The lowest BCUT2D eigenvalue weighted by molar-refractivity contribution is 0.395. The van der Waals surface area contributed by atoms with Gasteiger partial charge in [-0.1, -0.05) is 0 Å². The first-order valence-corrected chi connectivity index (χ1v) is 4.36. The first-order chi connectivity index (χ1) is 5.61. The molecule has 12 heavy (non-hydrogen) atoms. The maximum Gasteiger partial charge on any atom is 0.309 e. The highest BCUT2D eigenvalue weighted by atomic mass is 32.2. The van der Waals surface area contributed by atoms with Gasteiger partial charge in [-0.25, -0.2) is 8.96 Å². The van der Waals surface area contributed by atoms with E-state index in [9.17, 15) is 8.09 Å². The van der Waals surface area contributed by atoms with Crippen molar-refractivity contribution in [2.45, 2.75) is 6.54 Å². The molecule has 1 rings (SSSR count). The number of hydrogen-bond donors (Lipinski definition) is 0. The number of imidazole rings is 1. The molecule has 1 atom stereocenters. The molecular weight excluding hydrogens is 181 g/mol. The molecule has 0 saturated heterocycles. The lowest BCUT2D eigenvalue weighted by atomic mass is 10.4. The van der Waals surface area contributed by atoms with E-state index in [4.69, 9.17) is 0 Å². The van der Waals surface area contributed by atoms with E-state index in [2.05, 4.69) is 4.98 Å². The summed E-state index contributed by atoms with van der Waals surface area (Å²) in [5, 5.41) is 0. The maximum absolute atomic E-state index is 12.4. The second-order valence-electron chi connectivity index (χ2n) is 2.66. The predicted octanol–water partition coefficient (Wildman–Crippen LogP) is 0.341. The van der Waals surface area contributed by atoms with E-state index in [0.717, 1.165) is 3.97 Å². The topological polar surface area (TPSA) is 38.1 Å². The molecule has 0 spiro atoms. The van der Waals surface area contributed by atoms with Gasteiger partial charge in [-0.05, 0) is 14.1 Å². The quantitative estimate of drug-likeness (QED) is 0.647. The van der Waals surface area contributed by atoms with Crippen LogP contribution in [0.5, 0.6) is 0 Å². The molecule has 0 bridgehead atoms. The Balaban J connectivity index is 2.84. The van der Waals surface area contributed by atoms with E-state index in [0.29, 0.717) is 12.2 Å². The summed E-state index contributed by atoms with van der Waals surface area (Å²) in [6, 6.07) is 0. The van der Waals surface area contributed by atoms with Crippen molar-refractivity contribution in [2.75, 3.05) is 14.1 Å². The van der Waals surface area contributed by atoms with Gasteiger partial charge in [0.1, 0.15) is 6.33 Å². The minimum Gasteiger partial charge on any atom is -0.304 e. The molecular formula is C6H10FN3OS. The van der Waals surface area contributed by atoms with Crippen molar-refractivity contribution < 1.29 is 8.09 Å². The molecule has 0 saturated carbocycles. The number of nitrogens with zero attached hydrogens (tertiary/aromatic N) is 3. The standard InChI is InChI=1S/C6H10FN3OS/c1-9(2)4-6-3-8-5-10(6)12(7)11/h3,5H,4H2,1-2H3. The number of aromatic nitrogens is 2. The number of hydrogen-bond acceptors (Lipinski definition) is 3. The van der Waals surface area contributed by atoms with Crippen molar-refractivity contribution in [3.05, 3.63) is 18.2 Å². The Morgan fingerprint density at radius 2 is 2.42 bits per heavy atom. The van der Waals surface area contributed by atoms with E-state index in [1.54, 1.807) is 0 Å². The fourth-order valence-corrected chi connectivity index (χ4v) is 1.29. The summed E-state index contributed by atoms with van der Waals surface area (Å²) in [4.78, 5) is 5.55. The highest BCUT2D eigenvalue weighted by Crippen LogP contribution is 2.03. The molecule has 0 aromatic carbocycles. The Kier molecular flexibility index (Phi) is 2.93. The van der Waals surface area contributed by atoms with Gasteiger partial charge in [-0.3, -0.25) is 0 Å². The van der Waals surface area contributed by atoms with Gasteiger partial charge in [-0.2, -0.15) is 4.21 Å². The monoisotopic (exact) mass is 191 g/mol. The average molecular weight is 191 g/mol. The second-order valence-corrected chi connectivity index (χ2v) is 3.46. The lowest BCUT2D eigenvalue weighted by Crippen LogP contribution is -2.14. The lowest BCUT2D eigenvalue weighted by Gasteiger charge is -2.08. The third-order valence-electron chi connectivity index (χ3n) is 1.31. The number of halogens is 1. The third kappa shape index (κ3) is 2.12. The molecule has 0 aliphatic carbocycles. The molecule has 0 aliphatic heterocycles. The van der Waals surface area contributed by atoms with Crippen LogP contribution in [0.25, 0.3) is 0 Å². The average Bonchev–Trinajstić information content (AvgIpc) is 2.33. The molecule has 68 valence electrons. The van der Waals surface area contributed by atoms with Crippen molar-refractivity contribution >= 4 is 11.4 Å². The van der Waals surface area contributed by atoms with Gasteiger partial charge in [-0.15, -0.1) is 3.89 Å². The van der Waals surface area contributed by atoms with Gasteiger partial charge in [0.2, 0.25) is 0 Å². The normalized spacial score (nSPS) is 13.7. The molecule has 1 aromatic heterocycles. The molecule has 6 heteroatoms. The third-order valence-corrected chi connectivity index (χ3v) is 1.95. The van der Waals surface area contributed by atoms with Crippen LogP contribution in [-0.4, -0.2) is 32.2 Å². The minimum absolute atomic E-state index is 0.523. The molecule has 4 nitrogen and oxygen atoms in total. The van der Waals surface area contributed by atoms with Gasteiger partial charge in [0, 0.05) is 6.54 Å². The second kappa shape index (κ2) is 3.77. The Labute approximate surface area is 72.9 Å². The molecule has 0 fully saturated rings. The first kappa shape index (κ1) is 9.34. The molecule has 0 aliphatic rings. The number of rotatable bonds is 3. The van der Waals surface area contributed by atoms with Crippen molar-refractivity contribution in [3.63, 3.8) is 0 Å². The van der Waals surface area contributed by atoms with E-state index < -0.39 is 11.4 Å². The SMILES string of the molecule is CN(C)Cc1cncn1S(=O)F. The first-order valence-electron chi connectivity index (χ1n) is 3.35. The van der Waals surface area contributed by atoms with Crippen LogP contribution in [0.2, 0.25) is 0 Å². The van der Waals surface area contributed by atoms with Crippen LogP contribution in [0, 0.1) is 0 Å². The van der Waals surface area contributed by atoms with Crippen LogP contribution in [0.4, 0.5) is 3.89 Å². The van der Waals surface area contributed by atoms with Crippen molar-refractivity contribution in [1.82, 2.24) is 13.9 Å². The zero-order valence-electron chi connectivity index (χ0n) is 6.90. The van der Waals surface area contributed by atoms with Gasteiger partial charge >= 0.3 is 11.4 Å². The summed E-state index contributed by atoms with van der Waals surface area (Å²) >= 11 is -2.50. The zero-order valence-corrected chi connectivity index (χ0v) is 7.71. The van der Waals surface area contributed by atoms with Gasteiger partial charge in [0.15, 0.2) is 0 Å². The molecule has 0 N–H and O–H groups in total. The Morgan fingerprint density at radius 1 is 1.75 bits per heavy atom. The highest BCUT2D eigenvalue weighted by Gasteiger charge is 2.07. The molecule has 1 aromatic rings.